The lowest BCUT2D eigenvalue weighted by Gasteiger charge is -2.47. The molecule has 6 aliphatic rings. The summed E-state index contributed by atoms with van der Waals surface area (Å²) in [6, 6.07) is 13.1. The fourth-order valence-corrected chi connectivity index (χ4v) is 13.4. The number of imidazole rings is 1. The number of halogens is 3. The molecule has 4 aliphatic heterocycles. The van der Waals surface area contributed by atoms with Crippen LogP contribution in [0.5, 0.6) is 0 Å². The van der Waals surface area contributed by atoms with Crippen LogP contribution in [0, 0.1) is 17.2 Å². The van der Waals surface area contributed by atoms with Crippen molar-refractivity contribution in [3.63, 3.8) is 0 Å². The molecule has 358 valence electrons. The highest BCUT2D eigenvalue weighted by atomic mass is 35.5. The molecular formula is C50H54Cl2FN7O8. The molecule has 15 nitrogen and oxygen atoms in total. The molecule has 2 spiro atoms. The van der Waals surface area contributed by atoms with Gasteiger partial charge in [-0.3, -0.25) is 48.5 Å². The first-order valence-electron chi connectivity index (χ1n) is 23.8. The smallest absolute Gasteiger partial charge is 0.329 e. The van der Waals surface area contributed by atoms with Gasteiger partial charge in [0.1, 0.15) is 17.3 Å². The van der Waals surface area contributed by atoms with Crippen molar-refractivity contribution in [2.45, 2.75) is 125 Å². The predicted molar refractivity (Wildman–Crippen MR) is 251 cm³/mol. The second-order valence-corrected chi connectivity index (χ2v) is 20.8. The second-order valence-electron chi connectivity index (χ2n) is 20.0. The van der Waals surface area contributed by atoms with E-state index in [2.05, 4.69) is 21.3 Å². The number of anilines is 1. The fourth-order valence-electron chi connectivity index (χ4n) is 13.0. The average molecular weight is 971 g/mol. The van der Waals surface area contributed by atoms with Crippen molar-refractivity contribution in [3.05, 3.63) is 97.6 Å². The first kappa shape index (κ1) is 46.2. The number of nitrogens with one attached hydrogen (secondary N) is 4. The van der Waals surface area contributed by atoms with Gasteiger partial charge in [-0.2, -0.15) is 0 Å². The minimum atomic E-state index is -1.35. The fraction of sp³-hybridized carbons (Fsp3) is 0.500. The molecular weight excluding hydrogens is 916 g/mol. The van der Waals surface area contributed by atoms with Crippen LogP contribution in [0.15, 0.2) is 59.4 Å². The zero-order valence-electron chi connectivity index (χ0n) is 37.7. The molecule has 10 rings (SSSR count). The highest BCUT2D eigenvalue weighted by Crippen LogP contribution is 2.63. The van der Waals surface area contributed by atoms with E-state index < -0.39 is 57.8 Å². The van der Waals surface area contributed by atoms with Gasteiger partial charge in [0.25, 0.3) is 0 Å². The molecule has 3 saturated heterocycles. The predicted octanol–water partition coefficient (Wildman–Crippen LogP) is 6.02. The van der Waals surface area contributed by atoms with Gasteiger partial charge in [-0.05, 0) is 111 Å². The van der Waals surface area contributed by atoms with Gasteiger partial charge in [0.05, 0.1) is 27.5 Å². The van der Waals surface area contributed by atoms with E-state index in [0.29, 0.717) is 71.4 Å². The molecule has 5 N–H and O–H groups in total. The van der Waals surface area contributed by atoms with Crippen LogP contribution in [0.3, 0.4) is 0 Å². The van der Waals surface area contributed by atoms with Crippen molar-refractivity contribution in [1.82, 2.24) is 30.0 Å². The summed E-state index contributed by atoms with van der Waals surface area (Å²) in [6.07, 6.45) is 6.82. The molecule has 0 radical (unpaired) electrons. The van der Waals surface area contributed by atoms with E-state index >= 15 is 4.39 Å². The van der Waals surface area contributed by atoms with E-state index in [0.717, 1.165) is 19.3 Å². The molecule has 5 amide bonds. The highest BCUT2D eigenvalue weighted by molar-refractivity contribution is 6.31. The summed E-state index contributed by atoms with van der Waals surface area (Å²) in [7, 11) is 1.59. The van der Waals surface area contributed by atoms with Crippen LogP contribution in [0.2, 0.25) is 10.0 Å². The molecule has 2 saturated carbocycles. The minimum Gasteiger partial charge on any atom is -0.481 e. The first-order valence-corrected chi connectivity index (χ1v) is 24.5. The normalized spacial score (nSPS) is 27.6. The summed E-state index contributed by atoms with van der Waals surface area (Å²) in [6.45, 7) is 0.519. The Morgan fingerprint density at radius 1 is 0.868 bits per heavy atom. The third-order valence-electron chi connectivity index (χ3n) is 16.4. The summed E-state index contributed by atoms with van der Waals surface area (Å²) in [5.74, 6) is -4.53. The van der Waals surface area contributed by atoms with E-state index in [1.807, 2.05) is 6.07 Å². The Labute approximate surface area is 401 Å². The molecule has 3 aromatic carbocycles. The van der Waals surface area contributed by atoms with E-state index in [4.69, 9.17) is 23.2 Å². The summed E-state index contributed by atoms with van der Waals surface area (Å²) in [5.41, 5.74) is -0.621. The summed E-state index contributed by atoms with van der Waals surface area (Å²) in [4.78, 5) is 96.1. The number of imide groups is 1. The summed E-state index contributed by atoms with van der Waals surface area (Å²) < 4.78 is 19.2. The Morgan fingerprint density at radius 3 is 2.31 bits per heavy atom. The molecule has 68 heavy (non-hydrogen) atoms. The number of fused-ring (bicyclic) bond motifs is 4. The van der Waals surface area contributed by atoms with E-state index in [-0.39, 0.29) is 91.4 Å². The van der Waals surface area contributed by atoms with Crippen molar-refractivity contribution in [1.29, 1.82) is 0 Å². The van der Waals surface area contributed by atoms with Gasteiger partial charge < -0.3 is 20.6 Å². The quantitative estimate of drug-likeness (QED) is 0.131. The maximum Gasteiger partial charge on any atom is 0.329 e. The number of rotatable bonds is 8. The highest BCUT2D eigenvalue weighted by Gasteiger charge is 2.72. The van der Waals surface area contributed by atoms with Gasteiger partial charge in [-0.15, -0.1) is 0 Å². The number of piperidine rings is 2. The summed E-state index contributed by atoms with van der Waals surface area (Å²) >= 11 is 12.8. The lowest BCUT2D eigenvalue weighted by atomic mass is 9.55. The number of carboxylic acids is 1. The number of benzene rings is 3. The Morgan fingerprint density at radius 2 is 1.60 bits per heavy atom. The number of hydrogen-bond donors (Lipinski definition) is 5. The minimum absolute atomic E-state index is 0.0406. The number of hydrogen-bond acceptors (Lipinski definition) is 8. The van der Waals surface area contributed by atoms with Gasteiger partial charge in [0.2, 0.25) is 29.5 Å². The lowest BCUT2D eigenvalue weighted by Crippen LogP contribution is -2.60. The number of likely N-dealkylation sites (tertiary alicyclic amines) is 1. The molecule has 18 heteroatoms. The van der Waals surface area contributed by atoms with Crippen molar-refractivity contribution >= 4 is 75.4 Å². The van der Waals surface area contributed by atoms with Crippen molar-refractivity contribution in [2.24, 2.45) is 18.4 Å². The molecule has 0 bridgehead atoms. The van der Waals surface area contributed by atoms with Crippen LogP contribution in [-0.2, 0) is 47.7 Å². The molecule has 4 aromatic rings. The molecule has 5 fully saturated rings. The van der Waals surface area contributed by atoms with Crippen LogP contribution in [0.1, 0.15) is 112 Å². The number of carboxylic acid groups (broad SMARTS) is 1. The van der Waals surface area contributed by atoms with Crippen molar-refractivity contribution in [3.8, 4) is 0 Å². The van der Waals surface area contributed by atoms with Gasteiger partial charge in [0, 0.05) is 60.7 Å². The first-order chi connectivity index (χ1) is 32.6. The number of aromatic nitrogens is 2. The average Bonchev–Trinajstić information content (AvgIpc) is 3.87. The standard InChI is InChI=1S/C50H54Cl2FN7O8/c1-58-37-24-27(8-15-35(37)60(47(58)68)36-16-17-38(61)56-42(36)62)26-48(46(66)67)20-22-59(23-21-48)44(64)28-9-12-30(13-10-28)54-43(63)41-39(31-6-5-7-33(52)40(31)53)50(49(57-41)18-3-2-4-19-49)32-14-11-29(51)25-34(32)55-45(50)65/h5-8,11,14-15,24-25,28,30,36,39,41,57H,2-4,9-10,12-13,16-23,26H2,1H3,(H,54,63)(H,55,65)(H,66,67)(H,56,61,62)/t28?,30?,36?,39-,41+,50+/m0/s1. The number of aryl methyl sites for hydroxylation is 1. The van der Waals surface area contributed by atoms with Gasteiger partial charge in [0.15, 0.2) is 0 Å². The van der Waals surface area contributed by atoms with E-state index in [1.165, 1.54) is 15.2 Å². The largest absolute Gasteiger partial charge is 0.481 e. The van der Waals surface area contributed by atoms with Crippen LogP contribution >= 0.6 is 23.2 Å². The molecule has 1 aromatic heterocycles. The van der Waals surface area contributed by atoms with Crippen LogP contribution in [0.25, 0.3) is 11.0 Å². The van der Waals surface area contributed by atoms with Gasteiger partial charge in [-0.1, -0.05) is 66.7 Å². The van der Waals surface area contributed by atoms with Crippen LogP contribution in [0.4, 0.5) is 10.1 Å². The molecule has 5 heterocycles. The Balaban J connectivity index is 0.817. The molecule has 1 unspecified atom stereocenters. The van der Waals surface area contributed by atoms with Crippen molar-refractivity contribution < 1.29 is 38.3 Å². The number of nitrogens with zero attached hydrogens (tertiary/aromatic N) is 3. The van der Waals surface area contributed by atoms with Crippen molar-refractivity contribution in [2.75, 3.05) is 18.4 Å². The van der Waals surface area contributed by atoms with Gasteiger partial charge >= 0.3 is 11.7 Å². The maximum absolute atomic E-state index is 16.4. The van der Waals surface area contributed by atoms with Crippen LogP contribution in [-0.4, -0.2) is 85.4 Å². The Hall–Kier alpha value is -5.58. The molecule has 2 aliphatic carbocycles. The zero-order valence-corrected chi connectivity index (χ0v) is 39.2. The second kappa shape index (κ2) is 17.4. The number of carbonyl (C=O) groups is 6. The lowest BCUT2D eigenvalue weighted by molar-refractivity contribution is -0.155. The monoisotopic (exact) mass is 969 g/mol. The topological polar surface area (TPSA) is 201 Å². The van der Waals surface area contributed by atoms with E-state index in [9.17, 15) is 38.7 Å². The van der Waals surface area contributed by atoms with Crippen LogP contribution < -0.4 is 27.0 Å². The number of amides is 5. The third-order valence-corrected chi connectivity index (χ3v) is 17.0. The van der Waals surface area contributed by atoms with Gasteiger partial charge in [-0.25, -0.2) is 9.18 Å². The Bertz CT molecular complexity index is 2840. The van der Waals surface area contributed by atoms with E-state index in [1.54, 1.807) is 54.4 Å². The Kier molecular flexibility index (Phi) is 11.8. The zero-order chi connectivity index (χ0) is 47.9. The summed E-state index contributed by atoms with van der Waals surface area (Å²) in [5, 5.41) is 23.3. The molecule has 4 atom stereocenters. The number of aliphatic carboxylic acids is 1. The SMILES string of the molecule is Cn1c(=O)n(C2CCC(=O)NC2=O)c2ccc(CC3(C(=O)O)CCN(C(=O)C4CCC(NC(=O)[C@@H]5NC6(CCCCC6)[C@@]6(C(=O)Nc7cc(Cl)ccc76)[C@H]5c5cccc(Cl)c5F)CC4)CC3)cc21. The number of carbonyl (C=O) groups excluding carboxylic acids is 5. The third kappa shape index (κ3) is 7.35. The maximum atomic E-state index is 16.4.